The monoisotopic (exact) mass is 343 g/mol. The Labute approximate surface area is 148 Å². The number of hydrogen-bond acceptors (Lipinski definition) is 7. The first-order chi connectivity index (χ1) is 12.4. The molecule has 2 aliphatic rings. The summed E-state index contributed by atoms with van der Waals surface area (Å²) < 4.78 is 11.0. The van der Waals surface area contributed by atoms with Crippen molar-refractivity contribution in [2.45, 2.75) is 44.8 Å². The molecule has 2 fully saturated rings. The van der Waals surface area contributed by atoms with Crippen LogP contribution in [0, 0.1) is 0 Å². The highest BCUT2D eigenvalue weighted by molar-refractivity contribution is 5.38. The van der Waals surface area contributed by atoms with Gasteiger partial charge in [-0.15, -0.1) is 0 Å². The van der Waals surface area contributed by atoms with E-state index in [0.717, 1.165) is 57.1 Å². The van der Waals surface area contributed by atoms with Crippen molar-refractivity contribution in [3.05, 3.63) is 30.4 Å². The summed E-state index contributed by atoms with van der Waals surface area (Å²) in [6.07, 6.45) is 11.6. The molecule has 0 bridgehead atoms. The maximum Gasteiger partial charge on any atom is 0.234 e. The van der Waals surface area contributed by atoms with Gasteiger partial charge in [-0.05, 0) is 25.7 Å². The molecule has 3 heterocycles. The molecule has 0 spiro atoms. The van der Waals surface area contributed by atoms with Gasteiger partial charge in [0.15, 0.2) is 5.82 Å². The molecule has 0 amide bonds. The molecule has 0 radical (unpaired) electrons. The number of aromatic nitrogens is 3. The second-order valence-electron chi connectivity index (χ2n) is 6.85. The van der Waals surface area contributed by atoms with E-state index in [1.807, 2.05) is 12.3 Å². The number of anilines is 1. The summed E-state index contributed by atoms with van der Waals surface area (Å²) >= 11 is 0. The van der Waals surface area contributed by atoms with Crippen LogP contribution in [0.25, 0.3) is 0 Å². The molecule has 25 heavy (non-hydrogen) atoms. The Morgan fingerprint density at radius 2 is 1.92 bits per heavy atom. The molecule has 1 saturated heterocycles. The molecule has 134 valence electrons. The maximum absolute atomic E-state index is 6.05. The average molecular weight is 343 g/mol. The van der Waals surface area contributed by atoms with Crippen LogP contribution in [0.2, 0.25) is 0 Å². The van der Waals surface area contributed by atoms with Gasteiger partial charge in [-0.1, -0.05) is 11.6 Å². The van der Waals surface area contributed by atoms with E-state index in [4.69, 9.17) is 9.26 Å². The molecule has 1 aliphatic heterocycles. The minimum atomic E-state index is 0.303. The maximum atomic E-state index is 6.05. The second-order valence-corrected chi connectivity index (χ2v) is 6.85. The highest BCUT2D eigenvalue weighted by atomic mass is 16.5. The summed E-state index contributed by atoms with van der Waals surface area (Å²) in [5.74, 6) is 1.57. The molecule has 0 N–H and O–H groups in total. The molecule has 1 aliphatic carbocycles. The van der Waals surface area contributed by atoms with Crippen molar-refractivity contribution in [2.24, 2.45) is 0 Å². The van der Waals surface area contributed by atoms with Crippen LogP contribution >= 0.6 is 0 Å². The van der Waals surface area contributed by atoms with Crippen LogP contribution in [0.15, 0.2) is 29.2 Å². The lowest BCUT2D eigenvalue weighted by Crippen LogP contribution is -2.46. The van der Waals surface area contributed by atoms with Crippen molar-refractivity contribution < 1.29 is 9.26 Å². The Bertz CT molecular complexity index is 649. The highest BCUT2D eigenvalue weighted by Crippen LogP contribution is 2.23. The highest BCUT2D eigenvalue weighted by Gasteiger charge is 2.20. The van der Waals surface area contributed by atoms with E-state index in [0.29, 0.717) is 12.0 Å². The summed E-state index contributed by atoms with van der Waals surface area (Å²) in [5, 5.41) is 3.99. The molecule has 1 saturated carbocycles. The number of rotatable bonds is 5. The van der Waals surface area contributed by atoms with Crippen molar-refractivity contribution in [3.63, 3.8) is 0 Å². The van der Waals surface area contributed by atoms with Gasteiger partial charge >= 0.3 is 0 Å². The minimum Gasteiger partial charge on any atom is -0.473 e. The number of ether oxygens (including phenoxy) is 1. The number of hydrogen-bond donors (Lipinski definition) is 0. The van der Waals surface area contributed by atoms with Crippen molar-refractivity contribution in [1.29, 1.82) is 0 Å². The predicted molar refractivity (Wildman–Crippen MR) is 93.5 cm³/mol. The largest absolute Gasteiger partial charge is 0.473 e. The van der Waals surface area contributed by atoms with Crippen LogP contribution in [0.5, 0.6) is 5.88 Å². The van der Waals surface area contributed by atoms with E-state index in [1.165, 1.54) is 19.3 Å². The predicted octanol–water partition coefficient (Wildman–Crippen LogP) is 2.50. The number of piperazine rings is 1. The van der Waals surface area contributed by atoms with Crippen LogP contribution in [0.1, 0.15) is 37.8 Å². The molecule has 7 nitrogen and oxygen atoms in total. The van der Waals surface area contributed by atoms with Crippen LogP contribution in [0.4, 0.5) is 5.82 Å². The van der Waals surface area contributed by atoms with Gasteiger partial charge in [0.1, 0.15) is 12.4 Å². The van der Waals surface area contributed by atoms with Crippen molar-refractivity contribution in [1.82, 2.24) is 20.0 Å². The van der Waals surface area contributed by atoms with Crippen molar-refractivity contribution >= 4 is 5.82 Å². The first-order valence-electron chi connectivity index (χ1n) is 9.22. The van der Waals surface area contributed by atoms with Gasteiger partial charge in [-0.2, -0.15) is 4.98 Å². The van der Waals surface area contributed by atoms with Gasteiger partial charge < -0.3 is 14.2 Å². The molecule has 4 rings (SSSR count). The SMILES string of the molecule is c1cc(CN2CCN(c3cncc(OC4CCCCC4)n3)CC2)no1. The van der Waals surface area contributed by atoms with E-state index in [-0.39, 0.29) is 0 Å². The Balaban J connectivity index is 1.32. The summed E-state index contributed by atoms with van der Waals surface area (Å²) in [6, 6.07) is 1.92. The zero-order valence-corrected chi connectivity index (χ0v) is 14.5. The van der Waals surface area contributed by atoms with Gasteiger partial charge in [0.05, 0.1) is 18.1 Å². The second kappa shape index (κ2) is 7.82. The van der Waals surface area contributed by atoms with Gasteiger partial charge in [0.2, 0.25) is 5.88 Å². The standard InChI is InChI=1S/C18H25N5O2/c1-2-4-16(5-3-1)25-18-13-19-12-17(20-18)23-9-7-22(8-10-23)14-15-6-11-24-21-15/h6,11-13,16H,1-5,7-10,14H2. The Morgan fingerprint density at radius 1 is 1.08 bits per heavy atom. The summed E-state index contributed by atoms with van der Waals surface area (Å²) in [4.78, 5) is 13.7. The van der Waals surface area contributed by atoms with Crippen molar-refractivity contribution in [2.75, 3.05) is 31.1 Å². The quantitative estimate of drug-likeness (QED) is 0.826. The Hall–Kier alpha value is -2.15. The first kappa shape index (κ1) is 16.3. The van der Waals surface area contributed by atoms with E-state index in [9.17, 15) is 0 Å². The molecule has 0 unspecified atom stereocenters. The van der Waals surface area contributed by atoms with Crippen LogP contribution in [-0.4, -0.2) is 52.3 Å². The first-order valence-corrected chi connectivity index (χ1v) is 9.22. The smallest absolute Gasteiger partial charge is 0.234 e. The molecule has 0 atom stereocenters. The lowest BCUT2D eigenvalue weighted by molar-refractivity contribution is 0.148. The lowest BCUT2D eigenvalue weighted by atomic mass is 9.98. The molecule has 2 aromatic rings. The summed E-state index contributed by atoms with van der Waals surface area (Å²) in [6.45, 7) is 4.64. The van der Waals surface area contributed by atoms with Crippen LogP contribution in [-0.2, 0) is 6.54 Å². The fraction of sp³-hybridized carbons (Fsp3) is 0.611. The molecule has 7 heteroatoms. The zero-order valence-electron chi connectivity index (χ0n) is 14.5. The van der Waals surface area contributed by atoms with E-state index in [1.54, 1.807) is 12.5 Å². The third-order valence-electron chi connectivity index (χ3n) is 5.01. The topological polar surface area (TPSA) is 67.5 Å². The normalized spacial score (nSPS) is 19.9. The van der Waals surface area contributed by atoms with Crippen LogP contribution in [0.3, 0.4) is 0 Å². The van der Waals surface area contributed by atoms with Crippen molar-refractivity contribution in [3.8, 4) is 5.88 Å². The third kappa shape index (κ3) is 4.28. The number of nitrogens with zero attached hydrogens (tertiary/aromatic N) is 5. The fourth-order valence-corrected chi connectivity index (χ4v) is 3.58. The lowest BCUT2D eigenvalue weighted by Gasteiger charge is -2.34. The van der Waals surface area contributed by atoms with E-state index in [2.05, 4.69) is 24.9 Å². The molecule has 0 aromatic carbocycles. The third-order valence-corrected chi connectivity index (χ3v) is 5.01. The van der Waals surface area contributed by atoms with Gasteiger partial charge in [0.25, 0.3) is 0 Å². The summed E-state index contributed by atoms with van der Waals surface area (Å²) in [7, 11) is 0. The Morgan fingerprint density at radius 3 is 2.68 bits per heavy atom. The van der Waals surface area contributed by atoms with Gasteiger partial charge in [-0.3, -0.25) is 9.88 Å². The molecule has 2 aromatic heterocycles. The zero-order chi connectivity index (χ0) is 16.9. The van der Waals surface area contributed by atoms with Crippen LogP contribution < -0.4 is 9.64 Å². The van der Waals surface area contributed by atoms with E-state index < -0.39 is 0 Å². The fourth-order valence-electron chi connectivity index (χ4n) is 3.58. The van der Waals surface area contributed by atoms with Gasteiger partial charge in [0, 0.05) is 38.8 Å². The van der Waals surface area contributed by atoms with Gasteiger partial charge in [-0.25, -0.2) is 0 Å². The summed E-state index contributed by atoms with van der Waals surface area (Å²) in [5.41, 5.74) is 0.983. The van der Waals surface area contributed by atoms with E-state index >= 15 is 0 Å². The molecular formula is C18H25N5O2. The molecular weight excluding hydrogens is 318 g/mol. The minimum absolute atomic E-state index is 0.303. The Kier molecular flexibility index (Phi) is 5.11. The average Bonchev–Trinajstić information content (AvgIpc) is 3.16.